The van der Waals surface area contributed by atoms with E-state index in [1.54, 1.807) is 20.9 Å². The first-order valence-electron chi connectivity index (χ1n) is 6.19. The molecule has 0 amide bonds. The number of aromatic nitrogens is 3. The van der Waals surface area contributed by atoms with Gasteiger partial charge in [-0.15, -0.1) is 0 Å². The van der Waals surface area contributed by atoms with Gasteiger partial charge in [0.1, 0.15) is 5.82 Å². The third-order valence-electron chi connectivity index (χ3n) is 3.57. The van der Waals surface area contributed by atoms with Gasteiger partial charge in [0.25, 0.3) is 5.56 Å². The highest BCUT2D eigenvalue weighted by Crippen LogP contribution is 2.19. The highest BCUT2D eigenvalue weighted by atomic mass is 79.9. The van der Waals surface area contributed by atoms with Gasteiger partial charge in [0.05, 0.1) is 5.69 Å². The Morgan fingerprint density at radius 1 is 1.15 bits per heavy atom. The van der Waals surface area contributed by atoms with Crippen LogP contribution in [0.5, 0.6) is 0 Å². The molecule has 0 bridgehead atoms. The first-order valence-corrected chi connectivity index (χ1v) is 6.98. The zero-order valence-electron chi connectivity index (χ0n) is 12.1. The largest absolute Gasteiger partial charge is 0.336 e. The molecule has 5 nitrogen and oxygen atoms in total. The minimum absolute atomic E-state index is 0.317. The highest BCUT2D eigenvalue weighted by Gasteiger charge is 2.16. The number of rotatable bonds is 1. The predicted molar refractivity (Wildman–Crippen MR) is 81.7 cm³/mol. The maximum Gasteiger partial charge on any atom is 0.336 e. The van der Waals surface area contributed by atoms with Crippen LogP contribution in [0.25, 0.3) is 5.82 Å². The molecule has 0 saturated carbocycles. The van der Waals surface area contributed by atoms with Crippen molar-refractivity contribution < 1.29 is 0 Å². The summed E-state index contributed by atoms with van der Waals surface area (Å²) >= 11 is 3.40. The van der Waals surface area contributed by atoms with Crippen molar-refractivity contribution in [2.75, 3.05) is 0 Å². The van der Waals surface area contributed by atoms with Crippen molar-refractivity contribution in [2.24, 2.45) is 7.05 Å². The topological polar surface area (TPSA) is 56.9 Å². The zero-order valence-corrected chi connectivity index (χ0v) is 13.7. The minimum atomic E-state index is -0.379. The zero-order chi connectivity index (χ0) is 15.2. The molecule has 0 aromatic carbocycles. The number of aryl methyl sites for hydroxylation is 2. The molecule has 0 aliphatic heterocycles. The summed E-state index contributed by atoms with van der Waals surface area (Å²) in [5.41, 5.74) is 2.03. The first-order chi connectivity index (χ1) is 9.25. The molecule has 106 valence electrons. The lowest BCUT2D eigenvalue weighted by Crippen LogP contribution is -2.41. The Labute approximate surface area is 125 Å². The van der Waals surface area contributed by atoms with Crippen molar-refractivity contribution in [3.63, 3.8) is 0 Å². The first kappa shape index (κ1) is 14.7. The number of nitrogens with zero attached hydrogens (tertiary/aromatic N) is 3. The van der Waals surface area contributed by atoms with Crippen molar-refractivity contribution in [1.29, 1.82) is 0 Å². The van der Waals surface area contributed by atoms with E-state index >= 15 is 0 Å². The Kier molecular flexibility index (Phi) is 3.69. The molecule has 2 rings (SSSR count). The van der Waals surface area contributed by atoms with Gasteiger partial charge in [0.15, 0.2) is 0 Å². The van der Waals surface area contributed by atoms with E-state index in [4.69, 9.17) is 0 Å². The second-order valence-electron chi connectivity index (χ2n) is 4.89. The van der Waals surface area contributed by atoms with E-state index in [2.05, 4.69) is 20.9 Å². The van der Waals surface area contributed by atoms with Crippen molar-refractivity contribution >= 4 is 15.9 Å². The van der Waals surface area contributed by atoms with Crippen LogP contribution in [0, 0.1) is 27.7 Å². The SMILES string of the molecule is Cc1cc(Br)c(C)nc1-n1c(=O)c(C)c(C)n(C)c1=O. The van der Waals surface area contributed by atoms with Crippen molar-refractivity contribution in [3.8, 4) is 5.82 Å². The molecule has 0 atom stereocenters. The van der Waals surface area contributed by atoms with Gasteiger partial charge in [-0.05, 0) is 55.3 Å². The molecule has 0 saturated heterocycles. The Morgan fingerprint density at radius 2 is 1.75 bits per heavy atom. The van der Waals surface area contributed by atoms with Crippen molar-refractivity contribution in [1.82, 2.24) is 14.1 Å². The third-order valence-corrected chi connectivity index (χ3v) is 4.38. The second kappa shape index (κ2) is 5.01. The number of pyridine rings is 1. The molecule has 0 fully saturated rings. The fraction of sp³-hybridized carbons (Fsp3) is 0.357. The monoisotopic (exact) mass is 337 g/mol. The minimum Gasteiger partial charge on any atom is -0.300 e. The van der Waals surface area contributed by atoms with Crippen LogP contribution in [-0.2, 0) is 7.05 Å². The van der Waals surface area contributed by atoms with E-state index in [1.807, 2.05) is 19.9 Å². The molecule has 0 spiro atoms. The molecule has 20 heavy (non-hydrogen) atoms. The van der Waals surface area contributed by atoms with E-state index in [0.29, 0.717) is 17.1 Å². The summed E-state index contributed by atoms with van der Waals surface area (Å²) in [6.07, 6.45) is 0. The summed E-state index contributed by atoms with van der Waals surface area (Å²) < 4.78 is 3.46. The van der Waals surface area contributed by atoms with Gasteiger partial charge in [-0.25, -0.2) is 14.3 Å². The smallest absolute Gasteiger partial charge is 0.300 e. The molecule has 0 radical (unpaired) electrons. The molecule has 0 unspecified atom stereocenters. The van der Waals surface area contributed by atoms with Gasteiger partial charge in [0.2, 0.25) is 0 Å². The number of hydrogen-bond acceptors (Lipinski definition) is 3. The van der Waals surface area contributed by atoms with Crippen LogP contribution in [0.4, 0.5) is 0 Å². The van der Waals surface area contributed by atoms with E-state index in [9.17, 15) is 9.59 Å². The van der Waals surface area contributed by atoms with Gasteiger partial charge >= 0.3 is 5.69 Å². The van der Waals surface area contributed by atoms with E-state index in [0.717, 1.165) is 20.3 Å². The van der Waals surface area contributed by atoms with Crippen LogP contribution in [0.15, 0.2) is 20.1 Å². The summed E-state index contributed by atoms with van der Waals surface area (Å²) in [6.45, 7) is 7.13. The number of halogens is 1. The molecule has 0 N–H and O–H groups in total. The van der Waals surface area contributed by atoms with E-state index in [-0.39, 0.29) is 11.2 Å². The Bertz CT molecular complexity index is 781. The summed E-state index contributed by atoms with van der Waals surface area (Å²) in [5, 5.41) is 0. The summed E-state index contributed by atoms with van der Waals surface area (Å²) in [7, 11) is 1.65. The molecule has 2 aromatic rings. The Hall–Kier alpha value is -1.69. The lowest BCUT2D eigenvalue weighted by molar-refractivity contribution is 0.690. The molecule has 2 aromatic heterocycles. The van der Waals surface area contributed by atoms with Crippen LogP contribution in [0.3, 0.4) is 0 Å². The summed E-state index contributed by atoms with van der Waals surface area (Å²) in [6, 6.07) is 1.86. The standard InChI is InChI=1S/C14H16BrN3O2/c1-7-6-11(15)9(3)16-12(7)18-13(19)8(2)10(4)17(5)14(18)20/h6H,1-5H3. The summed E-state index contributed by atoms with van der Waals surface area (Å²) in [4.78, 5) is 29.2. The average molecular weight is 338 g/mol. The predicted octanol–water partition coefficient (Wildman–Crippen LogP) is 1.93. The highest BCUT2D eigenvalue weighted by molar-refractivity contribution is 9.10. The lowest BCUT2D eigenvalue weighted by atomic mass is 10.2. The van der Waals surface area contributed by atoms with E-state index in [1.165, 1.54) is 4.57 Å². The van der Waals surface area contributed by atoms with Crippen LogP contribution < -0.4 is 11.2 Å². The Morgan fingerprint density at radius 3 is 2.35 bits per heavy atom. The normalized spacial score (nSPS) is 10.9. The lowest BCUT2D eigenvalue weighted by Gasteiger charge is -2.14. The quantitative estimate of drug-likeness (QED) is 0.798. The molecular weight excluding hydrogens is 322 g/mol. The van der Waals surface area contributed by atoms with Gasteiger partial charge in [-0.3, -0.25) is 4.79 Å². The fourth-order valence-corrected chi connectivity index (χ4v) is 2.46. The van der Waals surface area contributed by atoms with Gasteiger partial charge in [0, 0.05) is 22.8 Å². The van der Waals surface area contributed by atoms with Crippen LogP contribution in [0.1, 0.15) is 22.5 Å². The third kappa shape index (κ3) is 2.14. The summed E-state index contributed by atoms with van der Waals surface area (Å²) in [5.74, 6) is 0.388. The average Bonchev–Trinajstić information content (AvgIpc) is 2.40. The fourth-order valence-electron chi connectivity index (χ4n) is 2.03. The van der Waals surface area contributed by atoms with E-state index < -0.39 is 0 Å². The number of hydrogen-bond donors (Lipinski definition) is 0. The maximum absolute atomic E-state index is 12.4. The van der Waals surface area contributed by atoms with Crippen molar-refractivity contribution in [2.45, 2.75) is 27.7 Å². The maximum atomic E-state index is 12.4. The molecule has 6 heteroatoms. The Balaban J connectivity index is 2.95. The van der Waals surface area contributed by atoms with Gasteiger partial charge in [-0.1, -0.05) is 0 Å². The van der Waals surface area contributed by atoms with Crippen LogP contribution in [-0.4, -0.2) is 14.1 Å². The van der Waals surface area contributed by atoms with Gasteiger partial charge < -0.3 is 4.57 Å². The molecular formula is C14H16BrN3O2. The van der Waals surface area contributed by atoms with Gasteiger partial charge in [-0.2, -0.15) is 0 Å². The molecule has 2 heterocycles. The molecule has 0 aliphatic rings. The van der Waals surface area contributed by atoms with Crippen LogP contribution >= 0.6 is 15.9 Å². The van der Waals surface area contributed by atoms with Crippen LogP contribution in [0.2, 0.25) is 0 Å². The second-order valence-corrected chi connectivity index (χ2v) is 5.74. The van der Waals surface area contributed by atoms with Crippen molar-refractivity contribution in [3.05, 3.63) is 53.9 Å². The molecule has 0 aliphatic carbocycles.